The largest absolute Gasteiger partial charge is 0.466 e. The van der Waals surface area contributed by atoms with Crippen molar-refractivity contribution < 1.29 is 24.2 Å². The van der Waals surface area contributed by atoms with E-state index in [0.717, 1.165) is 28.4 Å². The summed E-state index contributed by atoms with van der Waals surface area (Å²) in [6.45, 7) is 3.11. The number of rotatable bonds is 6. The predicted octanol–water partition coefficient (Wildman–Crippen LogP) is 0.806. The van der Waals surface area contributed by atoms with E-state index in [4.69, 9.17) is 14.6 Å². The molecule has 0 radical (unpaired) electrons. The zero-order valence-electron chi connectivity index (χ0n) is 16.0. The summed E-state index contributed by atoms with van der Waals surface area (Å²) in [6.07, 6.45) is 0. The number of fused-ring (bicyclic) bond motifs is 1. The summed E-state index contributed by atoms with van der Waals surface area (Å²) >= 11 is 1.58. The number of carbonyl (C=O) groups is 2. The third-order valence-electron chi connectivity index (χ3n) is 4.88. The first kappa shape index (κ1) is 19.6. The van der Waals surface area contributed by atoms with E-state index in [0.29, 0.717) is 18.9 Å². The average molecular weight is 418 g/mol. The van der Waals surface area contributed by atoms with Crippen LogP contribution in [0.1, 0.15) is 0 Å². The molecule has 2 aliphatic heterocycles. The number of benzene rings is 1. The molecule has 1 aromatic carbocycles. The van der Waals surface area contributed by atoms with E-state index in [2.05, 4.69) is 15.2 Å². The van der Waals surface area contributed by atoms with Crippen LogP contribution in [0.25, 0.3) is 10.2 Å². The second-order valence-corrected chi connectivity index (χ2v) is 7.71. The fraction of sp³-hybridized carbons (Fsp3) is 0.421. The summed E-state index contributed by atoms with van der Waals surface area (Å²) < 4.78 is 11.2. The van der Waals surface area contributed by atoms with Gasteiger partial charge in [-0.3, -0.25) is 4.79 Å². The van der Waals surface area contributed by atoms with Gasteiger partial charge in [0.1, 0.15) is 5.70 Å². The van der Waals surface area contributed by atoms with Crippen molar-refractivity contribution in [2.24, 2.45) is 0 Å². The summed E-state index contributed by atoms with van der Waals surface area (Å²) in [5, 5.41) is 13.2. The van der Waals surface area contributed by atoms with Gasteiger partial charge in [0.25, 0.3) is 5.91 Å². The Morgan fingerprint density at radius 3 is 2.90 bits per heavy atom. The Morgan fingerprint density at radius 1 is 1.38 bits per heavy atom. The average Bonchev–Trinajstić information content (AvgIpc) is 3.30. The minimum Gasteiger partial charge on any atom is -0.466 e. The SMILES string of the molecule is COC(=O)C1=C(Nc2ccc3nc(N4CCOCC4)sc3c2)C(=O)N(CCO)C1. The number of thiazole rings is 1. The number of morpholine rings is 1. The molecule has 154 valence electrons. The summed E-state index contributed by atoms with van der Waals surface area (Å²) in [4.78, 5) is 33.1. The number of amides is 1. The fourth-order valence-corrected chi connectivity index (χ4v) is 4.43. The molecule has 0 atom stereocenters. The smallest absolute Gasteiger partial charge is 0.337 e. The molecule has 2 aliphatic rings. The molecule has 1 aromatic heterocycles. The van der Waals surface area contributed by atoms with Gasteiger partial charge in [0.2, 0.25) is 0 Å². The number of aliphatic hydroxyl groups excluding tert-OH is 1. The molecule has 2 aromatic rings. The normalized spacial score (nSPS) is 17.4. The highest BCUT2D eigenvalue weighted by atomic mass is 32.1. The van der Waals surface area contributed by atoms with Crippen molar-refractivity contribution in [3.05, 3.63) is 29.5 Å². The van der Waals surface area contributed by atoms with Crippen LogP contribution in [0.5, 0.6) is 0 Å². The van der Waals surface area contributed by atoms with Gasteiger partial charge in [0.15, 0.2) is 5.13 Å². The standard InChI is InChI=1S/C19H22N4O5S/c1-27-18(26)13-11-23(4-7-24)17(25)16(13)20-12-2-3-14-15(10-12)29-19(21-14)22-5-8-28-9-6-22/h2-3,10,20,24H,4-9,11H2,1H3. The molecule has 0 spiro atoms. The molecule has 3 heterocycles. The highest BCUT2D eigenvalue weighted by molar-refractivity contribution is 7.22. The number of carbonyl (C=O) groups excluding carboxylic acids is 2. The maximum absolute atomic E-state index is 12.7. The number of aromatic nitrogens is 1. The van der Waals surface area contributed by atoms with E-state index in [-0.39, 0.29) is 36.9 Å². The van der Waals surface area contributed by atoms with Crippen LogP contribution in [-0.4, -0.2) is 80.0 Å². The number of β-amino-alcohol motifs (C(OH)–C–C–N with tert-alkyl or cyclic N) is 1. The van der Waals surface area contributed by atoms with E-state index >= 15 is 0 Å². The molecule has 0 saturated carbocycles. The Morgan fingerprint density at radius 2 is 2.17 bits per heavy atom. The number of methoxy groups -OCH3 is 1. The first-order chi connectivity index (χ1) is 14.1. The van der Waals surface area contributed by atoms with Crippen molar-refractivity contribution in [1.29, 1.82) is 0 Å². The van der Waals surface area contributed by atoms with Gasteiger partial charge in [-0.25, -0.2) is 9.78 Å². The molecule has 0 bridgehead atoms. The Kier molecular flexibility index (Phi) is 5.65. The predicted molar refractivity (Wildman–Crippen MR) is 109 cm³/mol. The zero-order valence-corrected chi connectivity index (χ0v) is 16.8. The second-order valence-electron chi connectivity index (χ2n) is 6.70. The number of anilines is 2. The number of nitrogens with zero attached hydrogens (tertiary/aromatic N) is 3. The number of aliphatic hydroxyl groups is 1. The van der Waals surface area contributed by atoms with Gasteiger partial charge in [-0.1, -0.05) is 11.3 Å². The van der Waals surface area contributed by atoms with E-state index in [1.807, 2.05) is 18.2 Å². The highest BCUT2D eigenvalue weighted by Crippen LogP contribution is 2.32. The van der Waals surface area contributed by atoms with Crippen molar-refractivity contribution in [3.63, 3.8) is 0 Å². The monoisotopic (exact) mass is 418 g/mol. The Bertz CT molecular complexity index is 967. The molecule has 9 nitrogen and oxygen atoms in total. The van der Waals surface area contributed by atoms with Crippen molar-refractivity contribution in [1.82, 2.24) is 9.88 Å². The minimum absolute atomic E-state index is 0.110. The Labute approximate surface area is 171 Å². The van der Waals surface area contributed by atoms with Gasteiger partial charge in [-0.05, 0) is 18.2 Å². The van der Waals surface area contributed by atoms with Crippen LogP contribution in [0.3, 0.4) is 0 Å². The number of hydrogen-bond donors (Lipinski definition) is 2. The molecule has 10 heteroatoms. The van der Waals surface area contributed by atoms with Crippen LogP contribution in [0.15, 0.2) is 29.5 Å². The van der Waals surface area contributed by atoms with Gasteiger partial charge in [-0.2, -0.15) is 0 Å². The summed E-state index contributed by atoms with van der Waals surface area (Å²) in [5.74, 6) is -0.896. The molecule has 1 saturated heterocycles. The lowest BCUT2D eigenvalue weighted by Crippen LogP contribution is -2.36. The van der Waals surface area contributed by atoms with E-state index in [1.165, 1.54) is 12.0 Å². The van der Waals surface area contributed by atoms with Crippen LogP contribution in [0, 0.1) is 0 Å². The Balaban J connectivity index is 1.60. The highest BCUT2D eigenvalue weighted by Gasteiger charge is 2.34. The molecular formula is C19H22N4O5S. The molecule has 1 amide bonds. The van der Waals surface area contributed by atoms with Crippen LogP contribution < -0.4 is 10.2 Å². The van der Waals surface area contributed by atoms with Crippen molar-refractivity contribution in [2.75, 3.05) is 63.3 Å². The molecule has 0 aliphatic carbocycles. The van der Waals surface area contributed by atoms with Gasteiger partial charge in [0.05, 0.1) is 49.3 Å². The quantitative estimate of drug-likeness (QED) is 0.664. The summed E-state index contributed by atoms with van der Waals surface area (Å²) in [7, 11) is 1.28. The third kappa shape index (κ3) is 3.91. The summed E-state index contributed by atoms with van der Waals surface area (Å²) in [6, 6.07) is 5.64. The first-order valence-electron chi connectivity index (χ1n) is 9.32. The van der Waals surface area contributed by atoms with Crippen LogP contribution in [0.4, 0.5) is 10.8 Å². The molecule has 0 unspecified atom stereocenters. The number of esters is 1. The van der Waals surface area contributed by atoms with Gasteiger partial charge < -0.3 is 29.7 Å². The van der Waals surface area contributed by atoms with Crippen LogP contribution in [0.2, 0.25) is 0 Å². The lowest BCUT2D eigenvalue weighted by molar-refractivity contribution is -0.136. The fourth-order valence-electron chi connectivity index (χ4n) is 3.37. The number of nitrogens with one attached hydrogen (secondary N) is 1. The Hall–Kier alpha value is -2.69. The zero-order chi connectivity index (χ0) is 20.4. The third-order valence-corrected chi connectivity index (χ3v) is 5.96. The topological polar surface area (TPSA) is 104 Å². The first-order valence-corrected chi connectivity index (χ1v) is 10.1. The van der Waals surface area contributed by atoms with E-state index in [9.17, 15) is 9.59 Å². The summed E-state index contributed by atoms with van der Waals surface area (Å²) in [5.41, 5.74) is 2.00. The molecule has 2 N–H and O–H groups in total. The lowest BCUT2D eigenvalue weighted by Gasteiger charge is -2.25. The van der Waals surface area contributed by atoms with Crippen LogP contribution >= 0.6 is 11.3 Å². The van der Waals surface area contributed by atoms with Crippen LogP contribution in [-0.2, 0) is 19.1 Å². The molecule has 4 rings (SSSR count). The van der Waals surface area contributed by atoms with Crippen molar-refractivity contribution in [3.8, 4) is 0 Å². The maximum Gasteiger partial charge on any atom is 0.337 e. The number of ether oxygens (including phenoxy) is 2. The van der Waals surface area contributed by atoms with E-state index in [1.54, 1.807) is 11.3 Å². The maximum atomic E-state index is 12.7. The minimum atomic E-state index is -0.560. The molecular weight excluding hydrogens is 396 g/mol. The van der Waals surface area contributed by atoms with Gasteiger partial charge in [-0.15, -0.1) is 0 Å². The van der Waals surface area contributed by atoms with E-state index < -0.39 is 5.97 Å². The number of hydrogen-bond acceptors (Lipinski definition) is 9. The van der Waals surface area contributed by atoms with Crippen molar-refractivity contribution in [2.45, 2.75) is 0 Å². The van der Waals surface area contributed by atoms with Crippen molar-refractivity contribution >= 4 is 44.2 Å². The van der Waals surface area contributed by atoms with Gasteiger partial charge in [0, 0.05) is 25.3 Å². The van der Waals surface area contributed by atoms with Gasteiger partial charge >= 0.3 is 5.97 Å². The molecule has 1 fully saturated rings. The molecule has 29 heavy (non-hydrogen) atoms. The second kappa shape index (κ2) is 8.36. The lowest BCUT2D eigenvalue weighted by atomic mass is 10.2.